The van der Waals surface area contributed by atoms with Crippen molar-refractivity contribution in [2.24, 2.45) is 0 Å². The first-order valence-electron chi connectivity index (χ1n) is 5.60. The van der Waals surface area contributed by atoms with Crippen LogP contribution in [0.2, 0.25) is 0 Å². The van der Waals surface area contributed by atoms with Gasteiger partial charge in [0.25, 0.3) is 5.91 Å². The van der Waals surface area contributed by atoms with Crippen molar-refractivity contribution in [2.45, 2.75) is 6.92 Å². The van der Waals surface area contributed by atoms with E-state index in [1.54, 1.807) is 18.2 Å². The second-order valence-electron chi connectivity index (χ2n) is 4.15. The van der Waals surface area contributed by atoms with Crippen LogP contribution >= 0.6 is 31.9 Å². The molecule has 0 unspecified atom stereocenters. The Morgan fingerprint density at radius 1 is 1.16 bits per heavy atom. The van der Waals surface area contributed by atoms with E-state index in [0.717, 1.165) is 14.5 Å². The molecule has 3 N–H and O–H groups in total. The zero-order chi connectivity index (χ0) is 14.0. The molecule has 5 heteroatoms. The molecule has 1 amide bonds. The molecule has 0 heterocycles. The number of rotatable bonds is 2. The maximum absolute atomic E-state index is 12.1. The summed E-state index contributed by atoms with van der Waals surface area (Å²) in [5.74, 6) is -0.176. The Morgan fingerprint density at radius 3 is 2.53 bits per heavy atom. The number of benzene rings is 2. The van der Waals surface area contributed by atoms with Gasteiger partial charge in [-0.2, -0.15) is 0 Å². The van der Waals surface area contributed by atoms with Gasteiger partial charge in [0, 0.05) is 14.5 Å². The van der Waals surface area contributed by atoms with Crippen molar-refractivity contribution in [2.75, 3.05) is 11.1 Å². The molecule has 0 saturated carbocycles. The Bertz CT molecular complexity index is 641. The van der Waals surface area contributed by atoms with Crippen LogP contribution in [-0.2, 0) is 0 Å². The largest absolute Gasteiger partial charge is 0.397 e. The van der Waals surface area contributed by atoms with Crippen molar-refractivity contribution >= 4 is 49.1 Å². The number of carbonyl (C=O) groups excluding carboxylic acids is 1. The van der Waals surface area contributed by atoms with Gasteiger partial charge in [0.1, 0.15) is 0 Å². The van der Waals surface area contributed by atoms with Crippen LogP contribution < -0.4 is 11.1 Å². The lowest BCUT2D eigenvalue weighted by Crippen LogP contribution is -2.13. The molecule has 0 aliphatic rings. The fraction of sp³-hybridized carbons (Fsp3) is 0.0714. The summed E-state index contributed by atoms with van der Waals surface area (Å²) in [6, 6.07) is 10.8. The normalized spacial score (nSPS) is 10.3. The predicted octanol–water partition coefficient (Wildman–Crippen LogP) is 4.35. The van der Waals surface area contributed by atoms with Crippen molar-refractivity contribution in [3.05, 3.63) is 56.5 Å². The van der Waals surface area contributed by atoms with Crippen LogP contribution in [0.4, 0.5) is 11.4 Å². The smallest absolute Gasteiger partial charge is 0.255 e. The van der Waals surface area contributed by atoms with E-state index in [9.17, 15) is 4.79 Å². The number of nitrogens with one attached hydrogen (secondary N) is 1. The third-order valence-corrected chi connectivity index (χ3v) is 4.06. The summed E-state index contributed by atoms with van der Waals surface area (Å²) in [6.45, 7) is 1.94. The predicted molar refractivity (Wildman–Crippen MR) is 85.4 cm³/mol. The van der Waals surface area contributed by atoms with Gasteiger partial charge in [-0.3, -0.25) is 4.79 Å². The van der Waals surface area contributed by atoms with E-state index in [-0.39, 0.29) is 5.91 Å². The van der Waals surface area contributed by atoms with Gasteiger partial charge in [-0.25, -0.2) is 0 Å². The SMILES string of the molecule is Cc1cc(C(=O)Nc2ccc(Br)cc2N)ccc1Br. The number of nitrogens with two attached hydrogens (primary N) is 1. The van der Waals surface area contributed by atoms with E-state index in [1.165, 1.54) is 0 Å². The fourth-order valence-corrected chi connectivity index (χ4v) is 2.25. The standard InChI is InChI=1S/C14H12Br2N2O/c1-8-6-9(2-4-11(8)16)14(19)18-13-5-3-10(15)7-12(13)17/h2-7H,17H2,1H3,(H,18,19). The zero-order valence-corrected chi connectivity index (χ0v) is 13.4. The van der Waals surface area contributed by atoms with Crippen LogP contribution in [0.3, 0.4) is 0 Å². The monoisotopic (exact) mass is 382 g/mol. The number of aryl methyl sites for hydroxylation is 1. The number of halogens is 2. The molecule has 0 radical (unpaired) electrons. The van der Waals surface area contributed by atoms with Gasteiger partial charge >= 0.3 is 0 Å². The second kappa shape index (κ2) is 5.75. The quantitative estimate of drug-likeness (QED) is 0.757. The van der Waals surface area contributed by atoms with E-state index in [4.69, 9.17) is 5.73 Å². The molecule has 2 aromatic rings. The van der Waals surface area contributed by atoms with E-state index in [1.807, 2.05) is 25.1 Å². The molecule has 98 valence electrons. The summed E-state index contributed by atoms with van der Waals surface area (Å²) >= 11 is 6.73. The number of hydrogen-bond donors (Lipinski definition) is 2. The number of carbonyl (C=O) groups is 1. The van der Waals surface area contributed by atoms with Crippen LogP contribution in [0.15, 0.2) is 45.3 Å². The Morgan fingerprint density at radius 2 is 1.89 bits per heavy atom. The molecule has 0 saturated heterocycles. The Balaban J connectivity index is 2.23. The summed E-state index contributed by atoms with van der Waals surface area (Å²) in [7, 11) is 0. The van der Waals surface area contributed by atoms with E-state index in [2.05, 4.69) is 37.2 Å². The van der Waals surface area contributed by atoms with Gasteiger partial charge in [-0.05, 0) is 48.9 Å². The lowest BCUT2D eigenvalue weighted by Gasteiger charge is -2.09. The number of amides is 1. The summed E-state index contributed by atoms with van der Waals surface area (Å²) in [5, 5.41) is 2.80. The maximum atomic E-state index is 12.1. The summed E-state index contributed by atoms with van der Waals surface area (Å²) < 4.78 is 1.86. The maximum Gasteiger partial charge on any atom is 0.255 e. The second-order valence-corrected chi connectivity index (χ2v) is 5.92. The Labute approximate surface area is 128 Å². The van der Waals surface area contributed by atoms with Gasteiger partial charge in [0.05, 0.1) is 11.4 Å². The van der Waals surface area contributed by atoms with Crippen molar-refractivity contribution in [3.8, 4) is 0 Å². The summed E-state index contributed by atoms with van der Waals surface area (Å²) in [4.78, 5) is 12.1. The highest BCUT2D eigenvalue weighted by atomic mass is 79.9. The summed E-state index contributed by atoms with van der Waals surface area (Å²) in [6.07, 6.45) is 0. The topological polar surface area (TPSA) is 55.1 Å². The number of anilines is 2. The van der Waals surface area contributed by atoms with Crippen molar-refractivity contribution in [1.82, 2.24) is 0 Å². The lowest BCUT2D eigenvalue weighted by molar-refractivity contribution is 0.102. The molecule has 0 bridgehead atoms. The van der Waals surface area contributed by atoms with Gasteiger partial charge < -0.3 is 11.1 Å². The minimum Gasteiger partial charge on any atom is -0.397 e. The number of nitrogen functional groups attached to an aromatic ring is 1. The van der Waals surface area contributed by atoms with Gasteiger partial charge in [-0.15, -0.1) is 0 Å². The van der Waals surface area contributed by atoms with Crippen LogP contribution in [0.5, 0.6) is 0 Å². The molecule has 0 aliphatic carbocycles. The molecule has 0 spiro atoms. The van der Waals surface area contributed by atoms with E-state index < -0.39 is 0 Å². The van der Waals surface area contributed by atoms with Crippen LogP contribution in [-0.4, -0.2) is 5.91 Å². The number of hydrogen-bond acceptors (Lipinski definition) is 2. The van der Waals surface area contributed by atoms with Crippen LogP contribution in [0.1, 0.15) is 15.9 Å². The molecular weight excluding hydrogens is 372 g/mol. The molecule has 19 heavy (non-hydrogen) atoms. The van der Waals surface area contributed by atoms with Crippen LogP contribution in [0.25, 0.3) is 0 Å². The lowest BCUT2D eigenvalue weighted by atomic mass is 10.1. The first kappa shape index (κ1) is 14.1. The van der Waals surface area contributed by atoms with E-state index >= 15 is 0 Å². The minimum absolute atomic E-state index is 0.176. The average molecular weight is 384 g/mol. The third kappa shape index (κ3) is 3.36. The highest BCUT2D eigenvalue weighted by Crippen LogP contribution is 2.24. The molecule has 2 aromatic carbocycles. The summed E-state index contributed by atoms with van der Waals surface area (Å²) in [5.41, 5.74) is 8.59. The third-order valence-electron chi connectivity index (χ3n) is 2.68. The van der Waals surface area contributed by atoms with Crippen molar-refractivity contribution in [1.29, 1.82) is 0 Å². The highest BCUT2D eigenvalue weighted by molar-refractivity contribution is 9.10. The van der Waals surface area contributed by atoms with Gasteiger partial charge in [-0.1, -0.05) is 31.9 Å². The van der Waals surface area contributed by atoms with Crippen LogP contribution in [0, 0.1) is 6.92 Å². The van der Waals surface area contributed by atoms with Crippen molar-refractivity contribution in [3.63, 3.8) is 0 Å². The highest BCUT2D eigenvalue weighted by Gasteiger charge is 2.09. The molecular formula is C14H12Br2N2O. The Hall–Kier alpha value is -1.33. The molecule has 3 nitrogen and oxygen atoms in total. The fourth-order valence-electron chi connectivity index (χ4n) is 1.63. The molecule has 2 rings (SSSR count). The average Bonchev–Trinajstić information content (AvgIpc) is 2.36. The first-order valence-corrected chi connectivity index (χ1v) is 7.18. The molecule has 0 aromatic heterocycles. The minimum atomic E-state index is -0.176. The first-order chi connectivity index (χ1) is 8.97. The van der Waals surface area contributed by atoms with E-state index in [0.29, 0.717) is 16.9 Å². The Kier molecular flexibility index (Phi) is 4.27. The van der Waals surface area contributed by atoms with Gasteiger partial charge in [0.2, 0.25) is 0 Å². The molecule has 0 fully saturated rings. The molecule has 0 aliphatic heterocycles. The molecule has 0 atom stereocenters. The van der Waals surface area contributed by atoms with Gasteiger partial charge in [0.15, 0.2) is 0 Å². The van der Waals surface area contributed by atoms with Crippen molar-refractivity contribution < 1.29 is 4.79 Å². The zero-order valence-electron chi connectivity index (χ0n) is 10.2.